The van der Waals surface area contributed by atoms with Crippen LogP contribution in [0.3, 0.4) is 0 Å². The molecule has 11 amide bonds. The summed E-state index contributed by atoms with van der Waals surface area (Å²) in [4.78, 5) is 148. The number of anilines is 7. The van der Waals surface area contributed by atoms with E-state index in [1.807, 2.05) is 0 Å². The number of nitrogens with two attached hydrogens (primary N) is 1. The van der Waals surface area contributed by atoms with Crippen molar-refractivity contribution in [3.63, 3.8) is 0 Å². The highest BCUT2D eigenvalue weighted by Crippen LogP contribution is 2.41. The van der Waals surface area contributed by atoms with E-state index in [2.05, 4.69) is 58.2 Å². The van der Waals surface area contributed by atoms with Crippen molar-refractivity contribution in [2.24, 2.45) is 67.5 Å². The van der Waals surface area contributed by atoms with Gasteiger partial charge in [0.25, 0.3) is 47.3 Å². The van der Waals surface area contributed by atoms with Gasteiger partial charge in [-0.2, -0.15) is 0 Å². The van der Waals surface area contributed by atoms with Crippen molar-refractivity contribution < 1.29 is 52.7 Å². The number of hydrogen-bond acceptors (Lipinski definition) is 12. The van der Waals surface area contributed by atoms with Gasteiger partial charge in [0.1, 0.15) is 39.9 Å². The molecule has 1 aliphatic carbocycles. The number of amides is 11. The van der Waals surface area contributed by atoms with Crippen molar-refractivity contribution in [3.8, 4) is 0 Å². The second kappa shape index (κ2) is 27.4. The van der Waals surface area contributed by atoms with Gasteiger partial charge >= 0.3 is 0 Å². The predicted octanol–water partition coefficient (Wildman–Crippen LogP) is 3.73. The lowest BCUT2D eigenvalue weighted by Gasteiger charge is -2.28. The molecule has 1 aliphatic rings. The minimum absolute atomic E-state index is 0.000428. The molecule has 8 aromatic heterocycles. The molecule has 0 aliphatic heterocycles. The summed E-state index contributed by atoms with van der Waals surface area (Å²) in [5.41, 5.74) is 8.80. The lowest BCUT2D eigenvalue weighted by atomic mass is 9.82. The van der Waals surface area contributed by atoms with E-state index >= 15 is 0 Å². The molecule has 0 radical (unpaired) electrons. The number of nitrogens with zero attached hydrogens (tertiary/aromatic N) is 9. The van der Waals surface area contributed by atoms with Gasteiger partial charge < -0.3 is 95.4 Å². The van der Waals surface area contributed by atoms with Gasteiger partial charge in [-0.05, 0) is 60.7 Å². The predicted molar refractivity (Wildman–Crippen MR) is 339 cm³/mol. The summed E-state index contributed by atoms with van der Waals surface area (Å²) in [7, 11) is 13.2. The molecule has 0 aromatic carbocycles. The van der Waals surface area contributed by atoms with Crippen molar-refractivity contribution in [2.75, 3.05) is 56.9 Å². The molecule has 0 atom stereocenters. The second-order valence-corrected chi connectivity index (χ2v) is 22.8. The van der Waals surface area contributed by atoms with E-state index in [0.29, 0.717) is 52.7 Å². The molecular formula is C61H72N20O11. The summed E-state index contributed by atoms with van der Waals surface area (Å²) in [6.45, 7) is 0.202. The first-order valence-corrected chi connectivity index (χ1v) is 29.1. The SMILES string of the molecule is Cn1cc(NC(=O)CCNC(=O)c2cc(NC(=O)c3cc(NC(=O)c4cc(NC(=O)CC5(CNC(=O)c6cc(NC(=O)c7cc(NC(=O)CCNC(=O)c8cc(NC(=O)c9nccn9C)cn8C)cn7C)cn6C)CCCC5)cn4C)cn3C)cn2C)cc1C(N)=O. The third kappa shape index (κ3) is 15.4. The number of imidazole rings is 1. The van der Waals surface area contributed by atoms with Gasteiger partial charge in [0.2, 0.25) is 17.7 Å². The molecule has 0 unspecified atom stereocenters. The number of primary amides is 1. The Hall–Kier alpha value is -11.7. The molecule has 12 N–H and O–H groups in total. The Balaban J connectivity index is 0.705. The van der Waals surface area contributed by atoms with E-state index in [1.165, 1.54) is 66.9 Å². The second-order valence-electron chi connectivity index (χ2n) is 22.8. The Bertz CT molecular complexity index is 4220. The number of aromatic nitrogens is 9. The van der Waals surface area contributed by atoms with E-state index in [0.717, 1.165) is 12.8 Å². The highest BCUT2D eigenvalue weighted by Gasteiger charge is 2.37. The van der Waals surface area contributed by atoms with Crippen LogP contribution in [0.2, 0.25) is 0 Å². The van der Waals surface area contributed by atoms with Gasteiger partial charge in [-0.1, -0.05) is 12.8 Å². The Kier molecular flexibility index (Phi) is 19.3. The van der Waals surface area contributed by atoms with E-state index in [9.17, 15) is 52.7 Å². The molecule has 1 saturated carbocycles. The molecular weight excluding hydrogens is 1190 g/mol. The Morgan fingerprint density at radius 1 is 0.391 bits per heavy atom. The van der Waals surface area contributed by atoms with Crippen molar-refractivity contribution in [1.82, 2.24) is 57.5 Å². The zero-order chi connectivity index (χ0) is 66.3. The zero-order valence-corrected chi connectivity index (χ0v) is 51.9. The average molecular weight is 1260 g/mol. The smallest absolute Gasteiger partial charge is 0.291 e. The lowest BCUT2D eigenvalue weighted by Crippen LogP contribution is -2.39. The third-order valence-corrected chi connectivity index (χ3v) is 15.7. The van der Waals surface area contributed by atoms with Gasteiger partial charge in [0.15, 0.2) is 5.82 Å². The maximum absolute atomic E-state index is 13.7. The van der Waals surface area contributed by atoms with E-state index in [-0.39, 0.29) is 90.5 Å². The van der Waals surface area contributed by atoms with Crippen molar-refractivity contribution in [2.45, 2.75) is 44.9 Å². The highest BCUT2D eigenvalue weighted by atomic mass is 16.2. The molecule has 482 valence electrons. The Morgan fingerprint density at radius 2 is 0.696 bits per heavy atom. The molecule has 0 spiro atoms. The number of rotatable bonds is 25. The van der Waals surface area contributed by atoms with Crippen molar-refractivity contribution >= 4 is 105 Å². The van der Waals surface area contributed by atoms with Crippen LogP contribution < -0.4 is 58.9 Å². The normalized spacial score (nSPS) is 12.4. The Morgan fingerprint density at radius 3 is 1.03 bits per heavy atom. The molecule has 1 fully saturated rings. The lowest BCUT2D eigenvalue weighted by molar-refractivity contribution is -0.118. The fourth-order valence-corrected chi connectivity index (χ4v) is 11.0. The van der Waals surface area contributed by atoms with E-state index in [1.54, 1.807) is 124 Å². The van der Waals surface area contributed by atoms with Crippen LogP contribution in [0.25, 0.3) is 0 Å². The maximum atomic E-state index is 13.7. The number of carbonyl (C=O) groups excluding carboxylic acids is 11. The maximum Gasteiger partial charge on any atom is 0.291 e. The topological polar surface area (TPSA) is 386 Å². The quantitative estimate of drug-likeness (QED) is 0.0390. The van der Waals surface area contributed by atoms with Crippen LogP contribution >= 0.6 is 0 Å². The monoisotopic (exact) mass is 1260 g/mol. The standard InChI is InChI=1S/C61H72N20O11/c1-74-18-17-63-53(74)60(92)73-41-24-44(77(4)33-41)55(87)65-16-12-50(83)68-36-20-46(79(6)28-36)57(89)71-39-23-45(78(5)31-39)56(88)66-34-61(13-9-10-14-61)26-51(84)69-37-21-47(80(7)29-37)58(90)72-40-25-48(81(8)32-40)59(91)70-38-22-43(76(3)30-38)54(86)64-15-11-49(82)67-35-19-42(52(62)85)75(2)27-35/h17-25,27-33H,9-16,26,34H2,1-8H3,(H2,62,85)(H,64,86)(H,65,87)(H,66,88)(H,67,82)(H,68,83)(H,69,84)(H,70,91)(H,71,89)(H,72,90)(H,73,92). The number of hydrogen-bond donors (Lipinski definition) is 11. The first-order valence-electron chi connectivity index (χ1n) is 29.1. The van der Waals surface area contributed by atoms with Gasteiger partial charge in [0.05, 0.1) is 39.8 Å². The van der Waals surface area contributed by atoms with Crippen LogP contribution in [0.5, 0.6) is 0 Å². The molecule has 0 saturated heterocycles. The molecule has 8 aromatic rings. The number of nitrogens with one attached hydrogen (secondary N) is 10. The molecule has 92 heavy (non-hydrogen) atoms. The minimum atomic E-state index is -0.643. The fourth-order valence-electron chi connectivity index (χ4n) is 11.0. The highest BCUT2D eigenvalue weighted by molar-refractivity contribution is 6.09. The zero-order valence-electron chi connectivity index (χ0n) is 51.9. The van der Waals surface area contributed by atoms with Gasteiger partial charge in [0, 0.05) is 151 Å². The molecule has 0 bridgehead atoms. The van der Waals surface area contributed by atoms with Crippen LogP contribution in [0.4, 0.5) is 39.8 Å². The Labute approximate surface area is 526 Å². The van der Waals surface area contributed by atoms with Gasteiger partial charge in [-0.15, -0.1) is 0 Å². The van der Waals surface area contributed by atoms with Gasteiger partial charge in [-0.3, -0.25) is 52.7 Å². The number of aryl methyl sites for hydroxylation is 8. The minimum Gasteiger partial charge on any atom is -0.364 e. The van der Waals surface area contributed by atoms with Crippen LogP contribution in [0.15, 0.2) is 98.2 Å². The summed E-state index contributed by atoms with van der Waals surface area (Å²) in [5, 5.41) is 27.8. The average Bonchev–Trinajstić information content (AvgIpc) is 1.74. The first kappa shape index (κ1) is 64.8. The summed E-state index contributed by atoms with van der Waals surface area (Å²) in [6.07, 6.45) is 17.2. The van der Waals surface area contributed by atoms with Crippen LogP contribution in [0.1, 0.15) is 129 Å². The molecule has 31 nitrogen and oxygen atoms in total. The molecule has 8 heterocycles. The van der Waals surface area contributed by atoms with Crippen LogP contribution in [-0.4, -0.2) is 126 Å². The summed E-state index contributed by atoms with van der Waals surface area (Å²) in [6, 6.07) is 10.5. The molecule has 31 heteroatoms. The van der Waals surface area contributed by atoms with Gasteiger partial charge in [-0.25, -0.2) is 4.98 Å². The van der Waals surface area contributed by atoms with Crippen molar-refractivity contribution in [3.05, 3.63) is 144 Å². The fraction of sp³-hybridized carbons (Fsp3) is 0.311. The summed E-state index contributed by atoms with van der Waals surface area (Å²) < 4.78 is 12.3. The number of carbonyl (C=O) groups is 11. The largest absolute Gasteiger partial charge is 0.364 e. The molecule has 9 rings (SSSR count). The summed E-state index contributed by atoms with van der Waals surface area (Å²) in [5.74, 6) is -4.91. The van der Waals surface area contributed by atoms with E-state index in [4.69, 9.17) is 5.73 Å². The van der Waals surface area contributed by atoms with Crippen LogP contribution in [0, 0.1) is 5.41 Å². The van der Waals surface area contributed by atoms with E-state index < -0.39 is 64.5 Å². The van der Waals surface area contributed by atoms with Crippen LogP contribution in [-0.2, 0) is 70.8 Å². The third-order valence-electron chi connectivity index (χ3n) is 15.7. The van der Waals surface area contributed by atoms with Crippen molar-refractivity contribution in [1.29, 1.82) is 0 Å². The first-order chi connectivity index (χ1) is 43.7. The summed E-state index contributed by atoms with van der Waals surface area (Å²) >= 11 is 0.